The lowest BCUT2D eigenvalue weighted by Crippen LogP contribution is -2.56. The third kappa shape index (κ3) is 2.93. The molecule has 0 aromatic carbocycles. The number of nitrogens with one attached hydrogen (secondary N) is 1. The SMILES string of the molecule is COC(=O)C1CSC2CC(C(F)(F)F)CCC2N1. The van der Waals surface area contributed by atoms with E-state index in [1.807, 2.05) is 0 Å². The Kier molecular flexibility index (Phi) is 4.11. The number of hydrogen-bond donors (Lipinski definition) is 1. The normalized spacial score (nSPS) is 36.9. The predicted octanol–water partition coefficient (Wildman–Crippen LogP) is 1.96. The molecule has 18 heavy (non-hydrogen) atoms. The van der Waals surface area contributed by atoms with Crippen LogP contribution in [0.5, 0.6) is 0 Å². The van der Waals surface area contributed by atoms with Gasteiger partial charge in [0.05, 0.1) is 13.0 Å². The molecule has 4 unspecified atom stereocenters. The molecule has 0 bridgehead atoms. The van der Waals surface area contributed by atoms with Crippen molar-refractivity contribution in [1.29, 1.82) is 0 Å². The molecule has 7 heteroatoms. The molecule has 2 fully saturated rings. The molecule has 2 rings (SSSR count). The van der Waals surface area contributed by atoms with E-state index in [1.54, 1.807) is 0 Å². The van der Waals surface area contributed by atoms with E-state index in [1.165, 1.54) is 18.9 Å². The van der Waals surface area contributed by atoms with Crippen LogP contribution in [0.25, 0.3) is 0 Å². The standard InChI is InChI=1S/C11H16F3NO2S/c1-17-10(16)8-5-18-9-4-6(11(12,13)14)2-3-7(9)15-8/h6-9,15H,2-5H2,1H3. The summed E-state index contributed by atoms with van der Waals surface area (Å²) in [6, 6.07) is -0.393. The summed E-state index contributed by atoms with van der Waals surface area (Å²) in [5.74, 6) is -1.04. The second kappa shape index (κ2) is 5.28. The molecule has 0 spiro atoms. The molecule has 1 N–H and O–H groups in total. The minimum Gasteiger partial charge on any atom is -0.468 e. The molecule has 2 aliphatic rings. The van der Waals surface area contributed by atoms with Crippen molar-refractivity contribution in [1.82, 2.24) is 5.32 Å². The zero-order valence-corrected chi connectivity index (χ0v) is 10.8. The largest absolute Gasteiger partial charge is 0.468 e. The van der Waals surface area contributed by atoms with Crippen molar-refractivity contribution in [3.05, 3.63) is 0 Å². The van der Waals surface area contributed by atoms with Crippen LogP contribution in [0.4, 0.5) is 13.2 Å². The third-order valence-corrected chi connectivity index (χ3v) is 5.11. The minimum absolute atomic E-state index is 0.00792. The highest BCUT2D eigenvalue weighted by Gasteiger charge is 2.47. The average molecular weight is 283 g/mol. The number of methoxy groups -OCH3 is 1. The molecule has 3 nitrogen and oxygen atoms in total. The number of fused-ring (bicyclic) bond motifs is 1. The predicted molar refractivity (Wildman–Crippen MR) is 62.4 cm³/mol. The van der Waals surface area contributed by atoms with Gasteiger partial charge in [-0.05, 0) is 19.3 Å². The highest BCUT2D eigenvalue weighted by atomic mass is 32.2. The zero-order valence-electron chi connectivity index (χ0n) is 10.00. The topological polar surface area (TPSA) is 38.3 Å². The Bertz CT molecular complexity index is 324. The van der Waals surface area contributed by atoms with Gasteiger partial charge in [0.1, 0.15) is 6.04 Å². The molecule has 1 aliphatic heterocycles. The minimum atomic E-state index is -4.09. The van der Waals surface area contributed by atoms with Crippen LogP contribution in [0.15, 0.2) is 0 Å². The van der Waals surface area contributed by atoms with Gasteiger partial charge in [-0.3, -0.25) is 10.1 Å². The summed E-state index contributed by atoms with van der Waals surface area (Å²) < 4.78 is 42.6. The summed E-state index contributed by atoms with van der Waals surface area (Å²) in [4.78, 5) is 11.4. The lowest BCUT2D eigenvalue weighted by molar-refractivity contribution is -0.182. The number of alkyl halides is 3. The summed E-state index contributed by atoms with van der Waals surface area (Å²) in [5.41, 5.74) is 0. The number of halogens is 3. The fraction of sp³-hybridized carbons (Fsp3) is 0.909. The first-order valence-corrected chi connectivity index (χ1v) is 6.99. The molecule has 0 radical (unpaired) electrons. The summed E-state index contributed by atoms with van der Waals surface area (Å²) in [5, 5.41) is 3.07. The zero-order chi connectivity index (χ0) is 13.3. The molecule has 1 saturated carbocycles. The fourth-order valence-electron chi connectivity index (χ4n) is 2.61. The van der Waals surface area contributed by atoms with Gasteiger partial charge >= 0.3 is 12.1 Å². The molecule has 1 saturated heterocycles. The average Bonchev–Trinajstić information content (AvgIpc) is 2.35. The lowest BCUT2D eigenvalue weighted by Gasteiger charge is -2.42. The highest BCUT2D eigenvalue weighted by molar-refractivity contribution is 8.00. The van der Waals surface area contributed by atoms with E-state index in [2.05, 4.69) is 10.1 Å². The lowest BCUT2D eigenvalue weighted by atomic mass is 9.84. The van der Waals surface area contributed by atoms with E-state index in [0.717, 1.165) is 0 Å². The highest BCUT2D eigenvalue weighted by Crippen LogP contribution is 2.42. The Morgan fingerprint density at radius 3 is 2.72 bits per heavy atom. The molecular formula is C11H16F3NO2S. The van der Waals surface area contributed by atoms with Crippen LogP contribution < -0.4 is 5.32 Å². The maximum atomic E-state index is 12.7. The Hall–Kier alpha value is -0.430. The van der Waals surface area contributed by atoms with E-state index in [9.17, 15) is 18.0 Å². The number of thioether (sulfide) groups is 1. The van der Waals surface area contributed by atoms with Crippen molar-refractivity contribution in [2.75, 3.05) is 12.9 Å². The number of carbonyl (C=O) groups excluding carboxylic acids is 1. The van der Waals surface area contributed by atoms with Gasteiger partial charge in [0.15, 0.2) is 0 Å². The van der Waals surface area contributed by atoms with Crippen LogP contribution in [0, 0.1) is 5.92 Å². The summed E-state index contributed by atoms with van der Waals surface area (Å²) >= 11 is 1.46. The summed E-state index contributed by atoms with van der Waals surface area (Å²) in [7, 11) is 1.32. The van der Waals surface area contributed by atoms with Crippen LogP contribution in [0.1, 0.15) is 19.3 Å². The maximum Gasteiger partial charge on any atom is 0.391 e. The molecule has 104 valence electrons. The monoisotopic (exact) mass is 283 g/mol. The van der Waals surface area contributed by atoms with Crippen molar-refractivity contribution in [2.24, 2.45) is 5.92 Å². The molecule has 1 aliphatic carbocycles. The van der Waals surface area contributed by atoms with Gasteiger partial charge in [0, 0.05) is 17.0 Å². The number of carbonyl (C=O) groups is 1. The van der Waals surface area contributed by atoms with Gasteiger partial charge in [-0.15, -0.1) is 0 Å². The molecule has 0 amide bonds. The molecule has 0 aromatic heterocycles. The van der Waals surface area contributed by atoms with E-state index >= 15 is 0 Å². The number of hydrogen-bond acceptors (Lipinski definition) is 4. The molecule has 1 heterocycles. The Balaban J connectivity index is 1.93. The second-order valence-corrected chi connectivity index (χ2v) is 6.04. The van der Waals surface area contributed by atoms with E-state index in [0.29, 0.717) is 12.2 Å². The van der Waals surface area contributed by atoms with Gasteiger partial charge in [-0.25, -0.2) is 0 Å². The first-order valence-electron chi connectivity index (χ1n) is 5.94. The molecular weight excluding hydrogens is 267 g/mol. The fourth-order valence-corrected chi connectivity index (χ4v) is 4.09. The first kappa shape index (κ1) is 14.0. The summed E-state index contributed by atoms with van der Waals surface area (Å²) in [6.45, 7) is 0. The smallest absolute Gasteiger partial charge is 0.391 e. The van der Waals surface area contributed by atoms with Gasteiger partial charge in [0.2, 0.25) is 0 Å². The van der Waals surface area contributed by atoms with Gasteiger partial charge in [-0.2, -0.15) is 24.9 Å². The second-order valence-electron chi connectivity index (χ2n) is 4.77. The van der Waals surface area contributed by atoms with Gasteiger partial charge in [-0.1, -0.05) is 0 Å². The number of rotatable bonds is 1. The maximum absolute atomic E-state index is 12.7. The number of ether oxygens (including phenoxy) is 1. The van der Waals surface area contributed by atoms with E-state index in [4.69, 9.17) is 0 Å². The Labute approximate surface area is 108 Å². The van der Waals surface area contributed by atoms with Gasteiger partial charge < -0.3 is 4.74 Å². The van der Waals surface area contributed by atoms with E-state index < -0.39 is 12.1 Å². The van der Waals surface area contributed by atoms with Crippen LogP contribution in [-0.2, 0) is 9.53 Å². The van der Waals surface area contributed by atoms with Crippen LogP contribution in [-0.4, -0.2) is 42.3 Å². The Morgan fingerprint density at radius 1 is 1.39 bits per heavy atom. The van der Waals surface area contributed by atoms with Gasteiger partial charge in [0.25, 0.3) is 0 Å². The van der Waals surface area contributed by atoms with Crippen molar-refractivity contribution in [3.8, 4) is 0 Å². The first-order chi connectivity index (χ1) is 8.41. The van der Waals surface area contributed by atoms with Crippen molar-refractivity contribution < 1.29 is 22.7 Å². The quantitative estimate of drug-likeness (QED) is 0.747. The van der Waals surface area contributed by atoms with Crippen molar-refractivity contribution in [2.45, 2.75) is 42.8 Å². The molecule has 4 atom stereocenters. The number of esters is 1. The van der Waals surface area contributed by atoms with Crippen LogP contribution in [0.3, 0.4) is 0 Å². The summed E-state index contributed by atoms with van der Waals surface area (Å²) in [6.07, 6.45) is -3.33. The van der Waals surface area contributed by atoms with Crippen molar-refractivity contribution in [3.63, 3.8) is 0 Å². The van der Waals surface area contributed by atoms with Crippen LogP contribution in [0.2, 0.25) is 0 Å². The van der Waals surface area contributed by atoms with Crippen LogP contribution >= 0.6 is 11.8 Å². The Morgan fingerprint density at radius 2 is 2.11 bits per heavy atom. The van der Waals surface area contributed by atoms with Crippen molar-refractivity contribution >= 4 is 17.7 Å². The third-order valence-electron chi connectivity index (χ3n) is 3.63. The molecule has 0 aromatic rings. The van der Waals surface area contributed by atoms with E-state index in [-0.39, 0.29) is 36.1 Å².